The Morgan fingerprint density at radius 2 is 1.76 bits per heavy atom. The van der Waals surface area contributed by atoms with Gasteiger partial charge in [0.2, 0.25) is 16.0 Å². The molecule has 0 bridgehead atoms. The van der Waals surface area contributed by atoms with Gasteiger partial charge in [-0.2, -0.15) is 13.2 Å². The van der Waals surface area contributed by atoms with E-state index in [-0.39, 0.29) is 5.69 Å². The van der Waals surface area contributed by atoms with E-state index < -0.39 is 28.4 Å². The Balaban J connectivity index is 1.96. The van der Waals surface area contributed by atoms with Crippen LogP contribution < -0.4 is 9.62 Å². The van der Waals surface area contributed by atoms with Gasteiger partial charge in [-0.25, -0.2) is 18.4 Å². The molecule has 10 heteroatoms. The number of halogens is 3. The van der Waals surface area contributed by atoms with Gasteiger partial charge in [0.1, 0.15) is 0 Å². The Bertz CT molecular complexity index is 568. The first-order chi connectivity index (χ1) is 9.75. The van der Waals surface area contributed by atoms with Gasteiger partial charge in [-0.15, -0.1) is 0 Å². The van der Waals surface area contributed by atoms with Crippen molar-refractivity contribution in [1.29, 1.82) is 0 Å². The standard InChI is InChI=1S/C11H15F3N4O2S/c12-11(13,14)3-6-21(19,20)17-9-7-15-10(16-8-9)18-4-1-2-5-18/h7-8,17H,1-6H2. The molecule has 2 heterocycles. The van der Waals surface area contributed by atoms with Crippen LogP contribution in [0.15, 0.2) is 12.4 Å². The molecule has 1 aromatic rings. The summed E-state index contributed by atoms with van der Waals surface area (Å²) in [5.41, 5.74) is 0.0557. The second kappa shape index (κ2) is 6.04. The van der Waals surface area contributed by atoms with Crippen molar-refractivity contribution in [1.82, 2.24) is 9.97 Å². The zero-order valence-corrected chi connectivity index (χ0v) is 11.9. The second-order valence-electron chi connectivity index (χ2n) is 4.75. The molecule has 1 aromatic heterocycles. The van der Waals surface area contributed by atoms with E-state index in [4.69, 9.17) is 0 Å². The monoisotopic (exact) mass is 324 g/mol. The minimum absolute atomic E-state index is 0.0557. The smallest absolute Gasteiger partial charge is 0.341 e. The van der Waals surface area contributed by atoms with E-state index in [1.54, 1.807) is 0 Å². The Morgan fingerprint density at radius 3 is 2.29 bits per heavy atom. The molecule has 1 fully saturated rings. The van der Waals surface area contributed by atoms with E-state index in [9.17, 15) is 21.6 Å². The molecule has 0 radical (unpaired) electrons. The van der Waals surface area contributed by atoms with Crippen molar-refractivity contribution in [3.63, 3.8) is 0 Å². The topological polar surface area (TPSA) is 75.2 Å². The van der Waals surface area contributed by atoms with Crippen LogP contribution in [0, 0.1) is 0 Å². The maximum Gasteiger partial charge on any atom is 0.390 e. The van der Waals surface area contributed by atoms with Gasteiger partial charge in [0.15, 0.2) is 0 Å². The highest BCUT2D eigenvalue weighted by Gasteiger charge is 2.30. The van der Waals surface area contributed by atoms with Crippen LogP contribution in [-0.2, 0) is 10.0 Å². The average molecular weight is 324 g/mol. The minimum atomic E-state index is -4.51. The molecule has 0 saturated carbocycles. The number of hydrogen-bond donors (Lipinski definition) is 1. The zero-order chi connectivity index (χ0) is 15.5. The summed E-state index contributed by atoms with van der Waals surface area (Å²) < 4.78 is 61.1. The number of rotatable bonds is 5. The van der Waals surface area contributed by atoms with Gasteiger partial charge in [-0.05, 0) is 12.8 Å². The quantitative estimate of drug-likeness (QED) is 0.893. The van der Waals surface area contributed by atoms with Gasteiger partial charge in [-0.3, -0.25) is 4.72 Å². The van der Waals surface area contributed by atoms with Crippen molar-refractivity contribution in [2.75, 3.05) is 28.5 Å². The number of sulfonamides is 1. The third-order valence-corrected chi connectivity index (χ3v) is 4.24. The first kappa shape index (κ1) is 15.8. The van der Waals surface area contributed by atoms with Crippen LogP contribution in [0.3, 0.4) is 0 Å². The molecule has 0 unspecified atom stereocenters. The molecule has 2 rings (SSSR count). The predicted molar refractivity (Wildman–Crippen MR) is 71.6 cm³/mol. The molecule has 0 atom stereocenters. The van der Waals surface area contributed by atoms with Gasteiger partial charge >= 0.3 is 6.18 Å². The van der Waals surface area contributed by atoms with Crippen molar-refractivity contribution in [3.8, 4) is 0 Å². The highest BCUT2D eigenvalue weighted by molar-refractivity contribution is 7.92. The lowest BCUT2D eigenvalue weighted by molar-refractivity contribution is -0.129. The van der Waals surface area contributed by atoms with Crippen LogP contribution in [-0.4, -0.2) is 43.4 Å². The van der Waals surface area contributed by atoms with Crippen LogP contribution in [0.5, 0.6) is 0 Å². The third kappa shape index (κ3) is 5.03. The molecule has 0 aliphatic carbocycles. The van der Waals surface area contributed by atoms with Crippen LogP contribution >= 0.6 is 0 Å². The Morgan fingerprint density at radius 1 is 1.19 bits per heavy atom. The molecular formula is C11H15F3N4O2S. The van der Waals surface area contributed by atoms with Crippen LogP contribution in [0.25, 0.3) is 0 Å². The molecule has 118 valence electrons. The number of alkyl halides is 3. The molecule has 1 aliphatic heterocycles. The summed E-state index contributed by atoms with van der Waals surface area (Å²) in [6.45, 7) is 1.69. The fraction of sp³-hybridized carbons (Fsp3) is 0.636. The van der Waals surface area contributed by atoms with Gasteiger partial charge in [-0.1, -0.05) is 0 Å². The molecule has 0 aromatic carbocycles. The van der Waals surface area contributed by atoms with E-state index in [2.05, 4.69) is 9.97 Å². The van der Waals surface area contributed by atoms with Crippen molar-refractivity contribution < 1.29 is 21.6 Å². The fourth-order valence-electron chi connectivity index (χ4n) is 1.94. The van der Waals surface area contributed by atoms with Crippen molar-refractivity contribution in [2.24, 2.45) is 0 Å². The third-order valence-electron chi connectivity index (χ3n) is 2.95. The Labute approximate surface area is 120 Å². The van der Waals surface area contributed by atoms with Crippen LogP contribution in [0.1, 0.15) is 19.3 Å². The minimum Gasteiger partial charge on any atom is -0.341 e. The number of nitrogens with zero attached hydrogens (tertiary/aromatic N) is 3. The van der Waals surface area contributed by atoms with E-state index in [1.807, 2.05) is 9.62 Å². The number of anilines is 2. The molecule has 1 N–H and O–H groups in total. The van der Waals surface area contributed by atoms with E-state index in [0.717, 1.165) is 25.9 Å². The Hall–Kier alpha value is -1.58. The summed E-state index contributed by atoms with van der Waals surface area (Å²) >= 11 is 0. The molecular weight excluding hydrogens is 309 g/mol. The highest BCUT2D eigenvalue weighted by Crippen LogP contribution is 2.21. The lowest BCUT2D eigenvalue weighted by atomic mass is 10.4. The summed E-state index contributed by atoms with van der Waals surface area (Å²) in [5, 5.41) is 0. The van der Waals surface area contributed by atoms with Crippen molar-refractivity contribution in [3.05, 3.63) is 12.4 Å². The van der Waals surface area contributed by atoms with Gasteiger partial charge in [0.25, 0.3) is 0 Å². The summed E-state index contributed by atoms with van der Waals surface area (Å²) in [6.07, 6.45) is -1.29. The SMILES string of the molecule is O=S(=O)(CCC(F)(F)F)Nc1cnc(N2CCCC2)nc1. The highest BCUT2D eigenvalue weighted by atomic mass is 32.2. The largest absolute Gasteiger partial charge is 0.390 e. The van der Waals surface area contributed by atoms with Gasteiger partial charge < -0.3 is 4.90 Å². The molecule has 1 saturated heterocycles. The summed E-state index contributed by atoms with van der Waals surface area (Å²) in [4.78, 5) is 10.00. The number of nitrogens with one attached hydrogen (secondary N) is 1. The van der Waals surface area contributed by atoms with Crippen molar-refractivity contribution in [2.45, 2.75) is 25.4 Å². The lowest BCUT2D eigenvalue weighted by Gasteiger charge is -2.15. The van der Waals surface area contributed by atoms with Gasteiger partial charge in [0, 0.05) is 13.1 Å². The summed E-state index contributed by atoms with van der Waals surface area (Å²) in [6, 6.07) is 0. The van der Waals surface area contributed by atoms with Gasteiger partial charge in [0.05, 0.1) is 30.3 Å². The lowest BCUT2D eigenvalue weighted by Crippen LogP contribution is -2.23. The van der Waals surface area contributed by atoms with E-state index in [1.165, 1.54) is 12.4 Å². The molecule has 0 amide bonds. The first-order valence-electron chi connectivity index (χ1n) is 6.39. The maximum atomic E-state index is 12.0. The number of aromatic nitrogens is 2. The summed E-state index contributed by atoms with van der Waals surface area (Å²) in [7, 11) is -4.06. The fourth-order valence-corrected chi connectivity index (χ4v) is 3.00. The molecule has 6 nitrogen and oxygen atoms in total. The zero-order valence-electron chi connectivity index (χ0n) is 11.1. The van der Waals surface area contributed by atoms with Crippen LogP contribution in [0.4, 0.5) is 24.8 Å². The van der Waals surface area contributed by atoms with E-state index in [0.29, 0.717) is 5.95 Å². The summed E-state index contributed by atoms with van der Waals surface area (Å²) in [5.74, 6) is -0.532. The maximum absolute atomic E-state index is 12.0. The molecule has 0 spiro atoms. The van der Waals surface area contributed by atoms with E-state index >= 15 is 0 Å². The number of hydrogen-bond acceptors (Lipinski definition) is 5. The molecule has 1 aliphatic rings. The average Bonchev–Trinajstić information content (AvgIpc) is 2.90. The Kier molecular flexibility index (Phi) is 4.55. The first-order valence-corrected chi connectivity index (χ1v) is 8.05. The predicted octanol–water partition coefficient (Wildman–Crippen LogP) is 1.77. The molecule has 21 heavy (non-hydrogen) atoms. The normalized spacial score (nSPS) is 16.2. The van der Waals surface area contributed by atoms with Crippen LogP contribution in [0.2, 0.25) is 0 Å². The second-order valence-corrected chi connectivity index (χ2v) is 6.59. The van der Waals surface area contributed by atoms with Crippen molar-refractivity contribution >= 4 is 21.7 Å².